The first-order chi connectivity index (χ1) is 10.2. The Hall–Kier alpha value is -1.35. The van der Waals surface area contributed by atoms with Crippen LogP contribution in [-0.2, 0) is 0 Å². The molecule has 22 heavy (non-hydrogen) atoms. The summed E-state index contributed by atoms with van der Waals surface area (Å²) in [5, 5.41) is 10.7. The van der Waals surface area contributed by atoms with Gasteiger partial charge < -0.3 is 4.90 Å². The lowest BCUT2D eigenvalue weighted by Crippen LogP contribution is -2.54. The maximum Gasteiger partial charge on any atom is 0.401 e. The second kappa shape index (κ2) is 6.41. The number of piperazine rings is 1. The molecule has 0 spiro atoms. The number of nitro benzene ring substituents is 1. The number of hydrogen-bond donors (Lipinski definition) is 0. The molecule has 1 fully saturated rings. The zero-order valence-electron chi connectivity index (χ0n) is 11.8. The standard InChI is InChI=1S/C13H15BrF3N3O2/c1-9-7-18(4-5-19(9)8-13(15,16)17)12-3-2-10(20(21)22)6-11(12)14/h2-3,6,9H,4-5,7-8H2,1H3. The molecule has 0 amide bonds. The summed E-state index contributed by atoms with van der Waals surface area (Å²) < 4.78 is 38.0. The van der Waals surface area contributed by atoms with Gasteiger partial charge in [0.1, 0.15) is 0 Å². The average Bonchev–Trinajstić information content (AvgIpc) is 2.39. The molecule has 1 unspecified atom stereocenters. The monoisotopic (exact) mass is 381 g/mol. The van der Waals surface area contributed by atoms with E-state index in [9.17, 15) is 23.3 Å². The Morgan fingerprint density at radius 3 is 2.59 bits per heavy atom. The first kappa shape index (κ1) is 17.0. The third-order valence-electron chi connectivity index (χ3n) is 3.63. The van der Waals surface area contributed by atoms with E-state index in [1.807, 2.05) is 4.90 Å². The van der Waals surface area contributed by atoms with E-state index in [2.05, 4.69) is 15.9 Å². The van der Waals surface area contributed by atoms with Gasteiger partial charge in [-0.15, -0.1) is 0 Å². The molecule has 0 N–H and O–H groups in total. The van der Waals surface area contributed by atoms with E-state index < -0.39 is 17.6 Å². The molecule has 122 valence electrons. The minimum absolute atomic E-state index is 0.0284. The highest BCUT2D eigenvalue weighted by Crippen LogP contribution is 2.32. The van der Waals surface area contributed by atoms with E-state index in [0.29, 0.717) is 24.1 Å². The van der Waals surface area contributed by atoms with Crippen LogP contribution in [-0.4, -0.2) is 48.2 Å². The maximum atomic E-state index is 12.5. The summed E-state index contributed by atoms with van der Waals surface area (Å²) in [6.07, 6.45) is -4.20. The Morgan fingerprint density at radius 2 is 2.09 bits per heavy atom. The van der Waals surface area contributed by atoms with Crippen molar-refractivity contribution in [3.63, 3.8) is 0 Å². The fourth-order valence-corrected chi connectivity index (χ4v) is 3.16. The summed E-state index contributed by atoms with van der Waals surface area (Å²) in [5.41, 5.74) is 0.725. The highest BCUT2D eigenvalue weighted by atomic mass is 79.9. The lowest BCUT2D eigenvalue weighted by atomic mass is 10.1. The van der Waals surface area contributed by atoms with Gasteiger partial charge in [-0.05, 0) is 28.9 Å². The zero-order chi connectivity index (χ0) is 16.5. The van der Waals surface area contributed by atoms with Crippen LogP contribution >= 0.6 is 15.9 Å². The lowest BCUT2D eigenvalue weighted by molar-refractivity contribution is -0.384. The van der Waals surface area contributed by atoms with E-state index in [1.165, 1.54) is 17.0 Å². The van der Waals surface area contributed by atoms with E-state index in [4.69, 9.17) is 0 Å². The molecule has 9 heteroatoms. The topological polar surface area (TPSA) is 49.6 Å². The van der Waals surface area contributed by atoms with Gasteiger partial charge in [0.05, 0.1) is 17.2 Å². The summed E-state index contributed by atoms with van der Waals surface area (Å²) in [4.78, 5) is 13.6. The van der Waals surface area contributed by atoms with Crippen LogP contribution in [0.25, 0.3) is 0 Å². The number of alkyl halides is 3. The van der Waals surface area contributed by atoms with Gasteiger partial charge in [-0.25, -0.2) is 0 Å². The molecule has 1 aromatic rings. The van der Waals surface area contributed by atoms with Gasteiger partial charge in [0.15, 0.2) is 0 Å². The molecule has 5 nitrogen and oxygen atoms in total. The number of anilines is 1. The summed E-state index contributed by atoms with van der Waals surface area (Å²) in [7, 11) is 0. The molecule has 0 saturated carbocycles. The van der Waals surface area contributed by atoms with Crippen molar-refractivity contribution in [2.45, 2.75) is 19.1 Å². The third-order valence-corrected chi connectivity index (χ3v) is 4.27. The molecule has 1 aromatic carbocycles. The van der Waals surface area contributed by atoms with Gasteiger partial charge in [0.25, 0.3) is 5.69 Å². The van der Waals surface area contributed by atoms with Crippen LogP contribution in [0.15, 0.2) is 22.7 Å². The van der Waals surface area contributed by atoms with Crippen LogP contribution < -0.4 is 4.90 Å². The maximum absolute atomic E-state index is 12.5. The van der Waals surface area contributed by atoms with E-state index in [1.54, 1.807) is 13.0 Å². The third kappa shape index (κ3) is 4.10. The number of non-ortho nitro benzene ring substituents is 1. The Bertz CT molecular complexity index is 568. The van der Waals surface area contributed by atoms with Crippen molar-refractivity contribution < 1.29 is 18.1 Å². The molecule has 1 aliphatic heterocycles. The lowest BCUT2D eigenvalue weighted by Gasteiger charge is -2.41. The highest BCUT2D eigenvalue weighted by molar-refractivity contribution is 9.10. The molecular formula is C13H15BrF3N3O2. The Kier molecular flexibility index (Phi) is 4.96. The molecular weight excluding hydrogens is 367 g/mol. The van der Waals surface area contributed by atoms with Crippen molar-refractivity contribution in [1.82, 2.24) is 4.90 Å². The van der Waals surface area contributed by atoms with Crippen molar-refractivity contribution in [3.05, 3.63) is 32.8 Å². The number of halogens is 4. The van der Waals surface area contributed by atoms with Gasteiger partial charge in [0, 0.05) is 42.3 Å². The van der Waals surface area contributed by atoms with Crippen molar-refractivity contribution in [1.29, 1.82) is 0 Å². The van der Waals surface area contributed by atoms with Crippen molar-refractivity contribution >= 4 is 27.3 Å². The second-order valence-electron chi connectivity index (χ2n) is 5.27. The predicted molar refractivity (Wildman–Crippen MR) is 80.1 cm³/mol. The van der Waals surface area contributed by atoms with Crippen LogP contribution in [0.4, 0.5) is 24.5 Å². The number of hydrogen-bond acceptors (Lipinski definition) is 4. The first-order valence-electron chi connectivity index (χ1n) is 6.67. The van der Waals surface area contributed by atoms with Gasteiger partial charge in [-0.3, -0.25) is 15.0 Å². The van der Waals surface area contributed by atoms with Crippen LogP contribution in [0.3, 0.4) is 0 Å². The smallest absolute Gasteiger partial charge is 0.368 e. The minimum Gasteiger partial charge on any atom is -0.368 e. The van der Waals surface area contributed by atoms with Crippen molar-refractivity contribution in [3.8, 4) is 0 Å². The van der Waals surface area contributed by atoms with Gasteiger partial charge >= 0.3 is 6.18 Å². The minimum atomic E-state index is -4.20. The largest absolute Gasteiger partial charge is 0.401 e. The van der Waals surface area contributed by atoms with Crippen molar-refractivity contribution in [2.24, 2.45) is 0 Å². The second-order valence-corrected chi connectivity index (χ2v) is 6.13. The highest BCUT2D eigenvalue weighted by Gasteiger charge is 2.35. The number of nitro groups is 1. The van der Waals surface area contributed by atoms with Crippen LogP contribution in [0.2, 0.25) is 0 Å². The fourth-order valence-electron chi connectivity index (χ4n) is 2.55. The average molecular weight is 382 g/mol. The molecule has 0 aromatic heterocycles. The Morgan fingerprint density at radius 1 is 1.41 bits per heavy atom. The Labute approximate surface area is 134 Å². The predicted octanol–water partition coefficient (Wildman–Crippen LogP) is 3.43. The quantitative estimate of drug-likeness (QED) is 0.594. The summed E-state index contributed by atoms with van der Waals surface area (Å²) in [6, 6.07) is 4.17. The summed E-state index contributed by atoms with van der Waals surface area (Å²) in [5.74, 6) is 0. The van der Waals surface area contributed by atoms with Gasteiger partial charge in [-0.2, -0.15) is 13.2 Å². The molecule has 1 atom stereocenters. The van der Waals surface area contributed by atoms with Gasteiger partial charge in [-0.1, -0.05) is 0 Å². The number of rotatable bonds is 3. The molecule has 2 rings (SSSR count). The summed E-state index contributed by atoms with van der Waals surface area (Å²) >= 11 is 3.30. The van der Waals surface area contributed by atoms with E-state index in [0.717, 1.165) is 5.69 Å². The first-order valence-corrected chi connectivity index (χ1v) is 7.46. The molecule has 0 bridgehead atoms. The molecule has 1 aliphatic rings. The molecule has 1 heterocycles. The van der Waals surface area contributed by atoms with Crippen LogP contribution in [0.5, 0.6) is 0 Å². The normalized spacial score (nSPS) is 20.2. The van der Waals surface area contributed by atoms with Gasteiger partial charge in [0.2, 0.25) is 0 Å². The van der Waals surface area contributed by atoms with Crippen LogP contribution in [0, 0.1) is 10.1 Å². The van der Waals surface area contributed by atoms with E-state index in [-0.39, 0.29) is 11.7 Å². The molecule has 0 aliphatic carbocycles. The van der Waals surface area contributed by atoms with Crippen LogP contribution in [0.1, 0.15) is 6.92 Å². The zero-order valence-corrected chi connectivity index (χ0v) is 13.4. The number of benzene rings is 1. The number of nitrogens with zero attached hydrogens (tertiary/aromatic N) is 3. The Balaban J connectivity index is 2.09. The fraction of sp³-hybridized carbons (Fsp3) is 0.538. The van der Waals surface area contributed by atoms with E-state index >= 15 is 0 Å². The SMILES string of the molecule is CC1CN(c2ccc([N+](=O)[O-])cc2Br)CCN1CC(F)(F)F. The van der Waals surface area contributed by atoms with Crippen molar-refractivity contribution in [2.75, 3.05) is 31.1 Å². The molecule has 0 radical (unpaired) electrons. The summed E-state index contributed by atoms with van der Waals surface area (Å²) in [6.45, 7) is 2.01. The molecule has 1 saturated heterocycles.